The number of unbranched alkanes of at least 4 members (excludes halogenated alkanes) is 1. The molecule has 2 rings (SSSR count). The van der Waals surface area contributed by atoms with Gasteiger partial charge in [-0.3, -0.25) is 33.6 Å². The second-order valence-corrected chi connectivity index (χ2v) is 15.4. The first kappa shape index (κ1) is 47.2. The van der Waals surface area contributed by atoms with Crippen LogP contribution in [-0.4, -0.2) is 108 Å². The van der Waals surface area contributed by atoms with Gasteiger partial charge in [0.15, 0.2) is 6.10 Å². The van der Waals surface area contributed by atoms with Crippen molar-refractivity contribution >= 4 is 41.4 Å². The molecule has 0 aliphatic carbocycles. The van der Waals surface area contributed by atoms with Gasteiger partial charge in [-0.1, -0.05) is 84.7 Å². The first-order valence-corrected chi connectivity index (χ1v) is 19.8. The lowest BCUT2D eigenvalue weighted by Gasteiger charge is -2.35. The molecule has 14 nitrogen and oxygen atoms in total. The van der Waals surface area contributed by atoms with Gasteiger partial charge in [-0.25, -0.2) is 0 Å². The highest BCUT2D eigenvalue weighted by Gasteiger charge is 2.40. The molecule has 1 heterocycles. The molecule has 4 N–H and O–H groups in total. The Bertz CT molecular complexity index is 1560. The van der Waals surface area contributed by atoms with E-state index < -0.39 is 96.1 Å². The Kier molecular flexibility index (Phi) is 19.0. The molecule has 6 amide bonds. The Morgan fingerprint density at radius 3 is 1.96 bits per heavy atom. The molecular formula is C42H64N6O8. The number of hydrogen-bond acceptors (Lipinski definition) is 8. The number of cyclic esters (lactones) is 1. The summed E-state index contributed by atoms with van der Waals surface area (Å²) >= 11 is 0. The third-order valence-corrected chi connectivity index (χ3v) is 10.9. The number of carbonyl (C=O) groups is 7. The molecule has 310 valence electrons. The smallest absolute Gasteiger partial charge is 0.311 e. The average molecular weight is 781 g/mol. The van der Waals surface area contributed by atoms with E-state index in [0.717, 1.165) is 5.56 Å². The number of amides is 6. The number of rotatable bonds is 10. The van der Waals surface area contributed by atoms with E-state index in [0.29, 0.717) is 32.1 Å². The molecule has 1 fully saturated rings. The summed E-state index contributed by atoms with van der Waals surface area (Å²) in [7, 11) is 2.91. The van der Waals surface area contributed by atoms with Crippen LogP contribution in [0, 0.1) is 36.0 Å². The van der Waals surface area contributed by atoms with Crippen molar-refractivity contribution < 1.29 is 38.3 Å². The van der Waals surface area contributed by atoms with Gasteiger partial charge < -0.3 is 35.8 Å². The molecule has 14 heteroatoms. The maximum Gasteiger partial charge on any atom is 0.311 e. The fourth-order valence-corrected chi connectivity index (χ4v) is 6.37. The lowest BCUT2D eigenvalue weighted by molar-refractivity contribution is -0.168. The summed E-state index contributed by atoms with van der Waals surface area (Å²) in [6, 6.07) is 4.05. The van der Waals surface area contributed by atoms with Crippen LogP contribution in [0.1, 0.15) is 93.1 Å². The highest BCUT2D eigenvalue weighted by atomic mass is 16.5. The summed E-state index contributed by atoms with van der Waals surface area (Å²) in [5.74, 6) is -3.89. The van der Waals surface area contributed by atoms with E-state index in [1.165, 1.54) is 30.8 Å². The number of nitrogens with one attached hydrogen (secondary N) is 4. The van der Waals surface area contributed by atoms with E-state index in [-0.39, 0.29) is 18.3 Å². The van der Waals surface area contributed by atoms with Gasteiger partial charge in [0.1, 0.15) is 24.2 Å². The lowest BCUT2D eigenvalue weighted by atomic mass is 9.93. The molecule has 1 saturated heterocycles. The van der Waals surface area contributed by atoms with Gasteiger partial charge in [0, 0.05) is 33.0 Å². The zero-order chi connectivity index (χ0) is 42.3. The van der Waals surface area contributed by atoms with Gasteiger partial charge in [0.2, 0.25) is 29.5 Å². The Morgan fingerprint density at radius 2 is 1.39 bits per heavy atom. The maximum atomic E-state index is 14.4. The third kappa shape index (κ3) is 13.1. The van der Waals surface area contributed by atoms with E-state index in [9.17, 15) is 33.6 Å². The Morgan fingerprint density at radius 1 is 0.804 bits per heavy atom. The van der Waals surface area contributed by atoms with Crippen molar-refractivity contribution in [1.82, 2.24) is 31.1 Å². The quantitative estimate of drug-likeness (QED) is 0.159. The Balaban J connectivity index is 2.69. The van der Waals surface area contributed by atoms with E-state index >= 15 is 0 Å². The second kappa shape index (κ2) is 22.6. The van der Waals surface area contributed by atoms with Crippen molar-refractivity contribution in [1.29, 1.82) is 0 Å². The van der Waals surface area contributed by atoms with E-state index in [1.54, 1.807) is 27.7 Å². The van der Waals surface area contributed by atoms with Crippen LogP contribution in [0.25, 0.3) is 0 Å². The molecule has 0 bridgehead atoms. The van der Waals surface area contributed by atoms with Crippen molar-refractivity contribution in [3.8, 4) is 12.3 Å². The minimum atomic E-state index is -1.26. The normalized spacial score (nSPS) is 26.8. The number of nitrogens with zero attached hydrogens (tertiary/aromatic N) is 2. The van der Waals surface area contributed by atoms with Crippen molar-refractivity contribution in [2.45, 2.75) is 130 Å². The number of carbonyl (C=O) groups excluding carboxylic acids is 7. The molecule has 1 aliphatic heterocycles. The highest BCUT2D eigenvalue weighted by molar-refractivity contribution is 5.96. The second-order valence-electron chi connectivity index (χ2n) is 15.4. The predicted molar refractivity (Wildman–Crippen MR) is 213 cm³/mol. The summed E-state index contributed by atoms with van der Waals surface area (Å²) in [4.78, 5) is 99.5. The fraction of sp³-hybridized carbons (Fsp3) is 0.643. The topological polar surface area (TPSA) is 183 Å². The van der Waals surface area contributed by atoms with Crippen molar-refractivity contribution in [2.75, 3.05) is 20.6 Å². The van der Waals surface area contributed by atoms with Crippen molar-refractivity contribution in [3.63, 3.8) is 0 Å². The van der Waals surface area contributed by atoms with E-state index in [2.05, 4.69) is 27.2 Å². The molecule has 0 saturated carbocycles. The van der Waals surface area contributed by atoms with Gasteiger partial charge in [0.05, 0.1) is 12.5 Å². The molecular weight excluding hydrogens is 716 g/mol. The van der Waals surface area contributed by atoms with Crippen LogP contribution in [0.3, 0.4) is 0 Å². The molecule has 1 aromatic carbocycles. The number of terminal acetylenes is 1. The lowest BCUT2D eigenvalue weighted by Crippen LogP contribution is -2.61. The summed E-state index contributed by atoms with van der Waals surface area (Å²) in [6.45, 7) is 13.4. The van der Waals surface area contributed by atoms with Crippen molar-refractivity contribution in [2.24, 2.45) is 23.7 Å². The SMILES string of the molecule is C#CCCCC1NC(=O)CNC(=O)C(Cc2ccccc2)N(C)C(=O)C(C(C)CC)NC(=O)C(C(C)CC)NC(=O)C(C)N(C)C(=O)C(C(C)C)OC(=O)C1C. The van der Waals surface area contributed by atoms with Crippen LogP contribution < -0.4 is 21.3 Å². The Labute approximate surface area is 333 Å². The number of ether oxygens (including phenoxy) is 1. The number of hydrogen-bond donors (Lipinski definition) is 4. The predicted octanol–water partition coefficient (Wildman–Crippen LogP) is 2.59. The maximum absolute atomic E-state index is 14.4. The Hall–Kier alpha value is -4.93. The van der Waals surface area contributed by atoms with Crippen LogP contribution >= 0.6 is 0 Å². The fourth-order valence-electron chi connectivity index (χ4n) is 6.37. The van der Waals surface area contributed by atoms with Gasteiger partial charge in [-0.2, -0.15) is 0 Å². The molecule has 0 radical (unpaired) electrons. The van der Waals surface area contributed by atoms with Crippen LogP contribution in [-0.2, 0) is 44.7 Å². The van der Waals surface area contributed by atoms with Crippen LogP contribution in [0.2, 0.25) is 0 Å². The van der Waals surface area contributed by atoms with E-state index in [1.807, 2.05) is 51.1 Å². The molecule has 0 aromatic heterocycles. The molecule has 1 aromatic rings. The zero-order valence-electron chi connectivity index (χ0n) is 34.8. The van der Waals surface area contributed by atoms with Crippen LogP contribution in [0.5, 0.6) is 0 Å². The molecule has 0 spiro atoms. The van der Waals surface area contributed by atoms with Gasteiger partial charge >= 0.3 is 5.97 Å². The zero-order valence-corrected chi connectivity index (χ0v) is 34.8. The first-order chi connectivity index (χ1) is 26.4. The number of likely N-dealkylation sites (N-methyl/N-ethyl adjacent to an activating group) is 2. The number of benzene rings is 1. The molecule has 9 atom stereocenters. The van der Waals surface area contributed by atoms with Gasteiger partial charge in [-0.05, 0) is 50.0 Å². The minimum Gasteiger partial charge on any atom is -0.452 e. The minimum absolute atomic E-state index is 0.113. The summed E-state index contributed by atoms with van der Waals surface area (Å²) in [6.07, 6.45) is 6.51. The molecule has 9 unspecified atom stereocenters. The monoisotopic (exact) mass is 780 g/mol. The summed E-state index contributed by atoms with van der Waals surface area (Å²) < 4.78 is 5.80. The van der Waals surface area contributed by atoms with Crippen LogP contribution in [0.15, 0.2) is 30.3 Å². The first-order valence-electron chi connectivity index (χ1n) is 19.8. The largest absolute Gasteiger partial charge is 0.452 e. The third-order valence-electron chi connectivity index (χ3n) is 10.9. The number of esters is 1. The van der Waals surface area contributed by atoms with Crippen molar-refractivity contribution in [3.05, 3.63) is 35.9 Å². The summed E-state index contributed by atoms with van der Waals surface area (Å²) in [5.41, 5.74) is 0.764. The van der Waals surface area contributed by atoms with E-state index in [4.69, 9.17) is 11.2 Å². The average Bonchev–Trinajstić information content (AvgIpc) is 3.19. The highest BCUT2D eigenvalue weighted by Crippen LogP contribution is 2.20. The molecule has 56 heavy (non-hydrogen) atoms. The summed E-state index contributed by atoms with van der Waals surface area (Å²) in [5, 5.41) is 11.2. The standard InChI is InChI=1S/C42H64N6O8/c1-12-15-17-22-31-28(8)42(55)56-36(25(4)5)41(54)47(10)29(9)37(50)45-34(26(6)13-2)39(52)46-35(27(7)14-3)40(53)48(11)32(23-30-20-18-16-19-21-30)38(51)43-24-33(49)44-31/h1,16,18-21,25-29,31-32,34-36H,13-15,17,22-24H2,2-11H3,(H,43,51)(H,44,49)(H,45,50)(H,46,52). The van der Waals surface area contributed by atoms with Crippen LogP contribution in [0.4, 0.5) is 0 Å². The van der Waals surface area contributed by atoms with Gasteiger partial charge in [0.25, 0.3) is 5.91 Å². The van der Waals surface area contributed by atoms with Gasteiger partial charge in [-0.15, -0.1) is 12.3 Å². The molecule has 1 aliphatic rings.